The van der Waals surface area contributed by atoms with Gasteiger partial charge in [0.1, 0.15) is 23.0 Å². The average Bonchev–Trinajstić information content (AvgIpc) is 3.50. The fraction of sp³-hybridized carbons (Fsp3) is 0.281. The van der Waals surface area contributed by atoms with Gasteiger partial charge in [-0.3, -0.25) is 14.3 Å². The van der Waals surface area contributed by atoms with E-state index in [1.807, 2.05) is 64.3 Å². The Morgan fingerprint density at radius 3 is 2.80 bits per heavy atom. The van der Waals surface area contributed by atoms with E-state index in [1.165, 1.54) is 6.07 Å². The molecule has 1 unspecified atom stereocenters. The SMILES string of the molecule is O=C1NCCCOc2cccc(c2)C2c3ccc(cc3CCN2C(=O)CCCn2cccn2)Oc2ccc(O)c1c2. The summed E-state index contributed by atoms with van der Waals surface area (Å²) in [6.45, 7) is 2.06. The average molecular weight is 553 g/mol. The second-order valence-electron chi connectivity index (χ2n) is 10.3. The Hall–Kier alpha value is -4.79. The van der Waals surface area contributed by atoms with Gasteiger partial charge in [-0.2, -0.15) is 5.10 Å². The number of fused-ring (bicyclic) bond motifs is 6. The monoisotopic (exact) mass is 552 g/mol. The van der Waals surface area contributed by atoms with Crippen molar-refractivity contribution in [3.63, 3.8) is 0 Å². The summed E-state index contributed by atoms with van der Waals surface area (Å²) in [6.07, 6.45) is 6.06. The number of aromatic nitrogens is 2. The molecule has 2 amide bonds. The second kappa shape index (κ2) is 11.8. The third-order valence-corrected chi connectivity index (χ3v) is 7.50. The molecule has 0 spiro atoms. The summed E-state index contributed by atoms with van der Waals surface area (Å²) in [6, 6.07) is 20.1. The van der Waals surface area contributed by atoms with Crippen molar-refractivity contribution in [1.29, 1.82) is 0 Å². The van der Waals surface area contributed by atoms with Crippen LogP contribution in [0.5, 0.6) is 23.0 Å². The normalized spacial score (nSPS) is 16.6. The van der Waals surface area contributed by atoms with Crippen molar-refractivity contribution in [1.82, 2.24) is 20.0 Å². The first kappa shape index (κ1) is 26.4. The van der Waals surface area contributed by atoms with Gasteiger partial charge in [-0.1, -0.05) is 18.2 Å². The molecule has 4 aromatic rings. The van der Waals surface area contributed by atoms with E-state index in [2.05, 4.69) is 10.4 Å². The van der Waals surface area contributed by atoms with Gasteiger partial charge in [0.2, 0.25) is 5.91 Å². The molecule has 3 aliphatic heterocycles. The maximum absolute atomic E-state index is 13.6. The lowest BCUT2D eigenvalue weighted by atomic mass is 9.87. The number of rotatable bonds is 4. The molecule has 3 aliphatic rings. The summed E-state index contributed by atoms with van der Waals surface area (Å²) < 4.78 is 14.0. The van der Waals surface area contributed by atoms with Crippen molar-refractivity contribution in [2.24, 2.45) is 0 Å². The molecule has 2 N–H and O–H groups in total. The molecule has 210 valence electrons. The molecule has 9 nitrogen and oxygen atoms in total. The lowest BCUT2D eigenvalue weighted by Crippen LogP contribution is -2.40. The lowest BCUT2D eigenvalue weighted by Gasteiger charge is -2.38. The zero-order chi connectivity index (χ0) is 28.2. The number of hydrogen-bond acceptors (Lipinski definition) is 6. The number of aryl methyl sites for hydroxylation is 1. The Morgan fingerprint density at radius 1 is 1.05 bits per heavy atom. The number of hydrogen-bond donors (Lipinski definition) is 2. The molecule has 8 bridgehead atoms. The van der Waals surface area contributed by atoms with Crippen LogP contribution in [0.1, 0.15) is 52.4 Å². The third kappa shape index (κ3) is 5.89. The van der Waals surface area contributed by atoms with Crippen molar-refractivity contribution in [3.05, 3.63) is 101 Å². The molecular weight excluding hydrogens is 520 g/mol. The number of carbonyl (C=O) groups is 2. The van der Waals surface area contributed by atoms with E-state index < -0.39 is 0 Å². The number of phenols is 1. The number of amides is 2. The van der Waals surface area contributed by atoms with Crippen molar-refractivity contribution >= 4 is 11.8 Å². The highest BCUT2D eigenvalue weighted by Gasteiger charge is 2.32. The molecule has 0 saturated heterocycles. The van der Waals surface area contributed by atoms with E-state index in [9.17, 15) is 14.7 Å². The van der Waals surface area contributed by atoms with Gasteiger partial charge in [-0.15, -0.1) is 0 Å². The van der Waals surface area contributed by atoms with Crippen molar-refractivity contribution < 1.29 is 24.2 Å². The highest BCUT2D eigenvalue weighted by molar-refractivity contribution is 5.97. The van der Waals surface area contributed by atoms with Gasteiger partial charge < -0.3 is 24.8 Å². The number of carbonyl (C=O) groups excluding carboxylic acids is 2. The van der Waals surface area contributed by atoms with Crippen LogP contribution in [0.15, 0.2) is 79.1 Å². The maximum Gasteiger partial charge on any atom is 0.255 e. The van der Waals surface area contributed by atoms with Crippen LogP contribution < -0.4 is 14.8 Å². The highest BCUT2D eigenvalue weighted by Crippen LogP contribution is 2.39. The Balaban J connectivity index is 1.33. The van der Waals surface area contributed by atoms with E-state index in [1.54, 1.807) is 18.3 Å². The van der Waals surface area contributed by atoms with E-state index in [-0.39, 0.29) is 29.2 Å². The summed E-state index contributed by atoms with van der Waals surface area (Å²) in [4.78, 5) is 28.3. The van der Waals surface area contributed by atoms with Crippen LogP contribution in [0.4, 0.5) is 0 Å². The molecular formula is C32H32N4O5. The summed E-state index contributed by atoms with van der Waals surface area (Å²) in [5.74, 6) is 1.40. The van der Waals surface area contributed by atoms with Crippen molar-refractivity contribution in [2.45, 2.75) is 38.3 Å². The molecule has 3 aromatic carbocycles. The quantitative estimate of drug-likeness (QED) is 0.375. The number of ether oxygens (including phenoxy) is 2. The minimum absolute atomic E-state index is 0.106. The largest absolute Gasteiger partial charge is 0.507 e. The van der Waals surface area contributed by atoms with Crippen LogP contribution >= 0.6 is 0 Å². The number of nitrogens with one attached hydrogen (secondary N) is 1. The second-order valence-corrected chi connectivity index (χ2v) is 10.3. The zero-order valence-corrected chi connectivity index (χ0v) is 22.7. The van der Waals surface area contributed by atoms with E-state index in [0.717, 1.165) is 16.7 Å². The lowest BCUT2D eigenvalue weighted by molar-refractivity contribution is -0.133. The van der Waals surface area contributed by atoms with Crippen LogP contribution in [0.3, 0.4) is 0 Å². The van der Waals surface area contributed by atoms with Crippen LogP contribution in [0, 0.1) is 0 Å². The van der Waals surface area contributed by atoms with Crippen molar-refractivity contribution in [3.8, 4) is 23.0 Å². The summed E-state index contributed by atoms with van der Waals surface area (Å²) >= 11 is 0. The molecule has 1 atom stereocenters. The van der Waals surface area contributed by atoms with Crippen LogP contribution in [-0.2, 0) is 17.8 Å². The predicted molar refractivity (Wildman–Crippen MR) is 152 cm³/mol. The number of benzene rings is 3. The highest BCUT2D eigenvalue weighted by atomic mass is 16.5. The Kier molecular flexibility index (Phi) is 7.58. The summed E-state index contributed by atoms with van der Waals surface area (Å²) in [5.41, 5.74) is 3.28. The molecule has 41 heavy (non-hydrogen) atoms. The smallest absolute Gasteiger partial charge is 0.255 e. The summed E-state index contributed by atoms with van der Waals surface area (Å²) in [5, 5.41) is 17.4. The first-order chi connectivity index (χ1) is 20.0. The number of aromatic hydroxyl groups is 1. The summed E-state index contributed by atoms with van der Waals surface area (Å²) in [7, 11) is 0. The number of nitrogens with zero attached hydrogens (tertiary/aromatic N) is 3. The standard InChI is InChI=1S/C32H32N4O5/c37-29-11-9-26-21-28(29)32(39)33-13-4-18-40-24-6-1-5-23(20-24)31-27-10-8-25(41-26)19-22(27)12-17-36(31)30(38)7-2-15-35-16-3-14-34-35/h1,3,5-6,8-11,14,16,19-21,31,37H,2,4,7,12-13,15,17-18H2,(H,33,39). The van der Waals surface area contributed by atoms with Gasteiger partial charge in [-0.25, -0.2) is 0 Å². The Bertz CT molecular complexity index is 1550. The van der Waals surface area contributed by atoms with Crippen LogP contribution in [-0.4, -0.2) is 51.3 Å². The van der Waals surface area contributed by atoms with E-state index >= 15 is 0 Å². The van der Waals surface area contributed by atoms with E-state index in [0.29, 0.717) is 69.2 Å². The van der Waals surface area contributed by atoms with E-state index in [4.69, 9.17) is 9.47 Å². The topological polar surface area (TPSA) is 106 Å². The van der Waals surface area contributed by atoms with Gasteiger partial charge >= 0.3 is 0 Å². The molecule has 0 radical (unpaired) electrons. The maximum atomic E-state index is 13.6. The fourth-order valence-corrected chi connectivity index (χ4v) is 5.49. The van der Waals surface area contributed by atoms with Crippen LogP contribution in [0.2, 0.25) is 0 Å². The zero-order valence-electron chi connectivity index (χ0n) is 22.7. The van der Waals surface area contributed by atoms with Crippen molar-refractivity contribution in [2.75, 3.05) is 19.7 Å². The molecule has 4 heterocycles. The Labute approximate surface area is 238 Å². The third-order valence-electron chi connectivity index (χ3n) is 7.50. The van der Waals surface area contributed by atoms with Crippen LogP contribution in [0.25, 0.3) is 0 Å². The van der Waals surface area contributed by atoms with Gasteiger partial charge in [-0.05, 0) is 84.5 Å². The fourth-order valence-electron chi connectivity index (χ4n) is 5.49. The van der Waals surface area contributed by atoms with Gasteiger partial charge in [0.05, 0.1) is 18.2 Å². The minimum atomic E-state index is -0.376. The molecule has 7 rings (SSSR count). The molecule has 0 fully saturated rings. The van der Waals surface area contributed by atoms with Gasteiger partial charge in [0.15, 0.2) is 0 Å². The molecule has 9 heteroatoms. The predicted octanol–water partition coefficient (Wildman–Crippen LogP) is 4.85. The molecule has 0 aliphatic carbocycles. The van der Waals surface area contributed by atoms with Gasteiger partial charge in [0.25, 0.3) is 5.91 Å². The number of phenolic OH excluding ortho intramolecular Hbond substituents is 1. The first-order valence-corrected chi connectivity index (χ1v) is 14.0. The Morgan fingerprint density at radius 2 is 1.93 bits per heavy atom. The molecule has 1 aromatic heterocycles. The minimum Gasteiger partial charge on any atom is -0.507 e. The van der Waals surface area contributed by atoms with Gasteiger partial charge in [0, 0.05) is 38.4 Å². The first-order valence-electron chi connectivity index (χ1n) is 14.0. The molecule has 0 saturated carbocycles.